The molecule has 4 aromatic heterocycles. The first-order valence-electron chi connectivity index (χ1n) is 12.1. The molecule has 5 rings (SSSR count). The smallest absolute Gasteiger partial charge is 0.274 e. The first kappa shape index (κ1) is 23.7. The molecule has 11 heteroatoms. The average Bonchev–Trinajstić information content (AvgIpc) is 3.50. The molecule has 0 radical (unpaired) electrons. The molecule has 4 N–H and O–H groups in total. The van der Waals surface area contributed by atoms with Crippen molar-refractivity contribution in [2.45, 2.75) is 57.7 Å². The normalized spacial score (nSPS) is 17.9. The highest BCUT2D eigenvalue weighted by atomic mass is 19.1. The van der Waals surface area contributed by atoms with Gasteiger partial charge in [0.05, 0.1) is 29.2 Å². The van der Waals surface area contributed by atoms with Crippen molar-refractivity contribution in [3.8, 4) is 0 Å². The lowest BCUT2D eigenvalue weighted by molar-refractivity contribution is 0.102. The molecule has 1 saturated carbocycles. The zero-order valence-electron chi connectivity index (χ0n) is 20.1. The van der Waals surface area contributed by atoms with Crippen LogP contribution in [0.15, 0.2) is 48.9 Å². The zero-order chi connectivity index (χ0) is 25.2. The minimum absolute atomic E-state index is 0.0394. The third kappa shape index (κ3) is 5.01. The van der Waals surface area contributed by atoms with Gasteiger partial charge in [-0.15, -0.1) is 5.10 Å². The van der Waals surface area contributed by atoms with Crippen LogP contribution in [-0.4, -0.2) is 47.5 Å². The van der Waals surface area contributed by atoms with Gasteiger partial charge in [0, 0.05) is 36.6 Å². The summed E-state index contributed by atoms with van der Waals surface area (Å²) in [4.78, 5) is 16.8. The summed E-state index contributed by atoms with van der Waals surface area (Å²) in [5.74, 6) is 0.120. The second-order valence-corrected chi connectivity index (χ2v) is 9.32. The number of halogens is 1. The number of aliphatic hydroxyl groups excluding tert-OH is 1. The Morgan fingerprint density at radius 3 is 2.61 bits per heavy atom. The Kier molecular flexibility index (Phi) is 6.55. The maximum absolute atomic E-state index is 14.1. The summed E-state index contributed by atoms with van der Waals surface area (Å²) in [6.45, 7) is 4.10. The molecule has 0 unspecified atom stereocenters. The Morgan fingerprint density at radius 1 is 1.08 bits per heavy atom. The van der Waals surface area contributed by atoms with Gasteiger partial charge in [0.1, 0.15) is 11.5 Å². The van der Waals surface area contributed by atoms with E-state index in [1.165, 1.54) is 16.8 Å². The van der Waals surface area contributed by atoms with E-state index in [2.05, 4.69) is 31.1 Å². The van der Waals surface area contributed by atoms with E-state index in [1.54, 1.807) is 12.1 Å². The number of hydrogen-bond donors (Lipinski definition) is 4. The van der Waals surface area contributed by atoms with Crippen molar-refractivity contribution < 1.29 is 14.3 Å². The lowest BCUT2D eigenvalue weighted by Crippen LogP contribution is -2.29. The molecule has 0 spiro atoms. The number of aromatic nitrogens is 5. The van der Waals surface area contributed by atoms with Gasteiger partial charge in [-0.25, -0.2) is 8.91 Å². The fraction of sp³-hybridized carbons (Fsp3) is 0.360. The van der Waals surface area contributed by atoms with Crippen molar-refractivity contribution in [2.75, 3.05) is 16.0 Å². The topological polar surface area (TPSA) is 121 Å². The van der Waals surface area contributed by atoms with Crippen molar-refractivity contribution in [3.63, 3.8) is 0 Å². The number of rotatable bonds is 7. The van der Waals surface area contributed by atoms with Crippen LogP contribution in [0.3, 0.4) is 0 Å². The summed E-state index contributed by atoms with van der Waals surface area (Å²) >= 11 is 0. The number of amides is 1. The molecule has 0 aromatic carbocycles. The van der Waals surface area contributed by atoms with Crippen molar-refractivity contribution in [1.29, 1.82) is 0 Å². The molecule has 1 fully saturated rings. The maximum atomic E-state index is 14.1. The van der Waals surface area contributed by atoms with Crippen LogP contribution in [-0.2, 0) is 0 Å². The molecule has 0 atom stereocenters. The average molecular weight is 493 g/mol. The molecule has 1 aliphatic rings. The zero-order valence-corrected chi connectivity index (χ0v) is 20.1. The summed E-state index contributed by atoms with van der Waals surface area (Å²) in [5, 5.41) is 28.5. The number of aliphatic hydroxyl groups is 1. The fourth-order valence-electron chi connectivity index (χ4n) is 4.35. The monoisotopic (exact) mass is 492 g/mol. The van der Waals surface area contributed by atoms with E-state index < -0.39 is 11.7 Å². The molecule has 0 saturated heterocycles. The van der Waals surface area contributed by atoms with E-state index in [4.69, 9.17) is 0 Å². The highest BCUT2D eigenvalue weighted by Crippen LogP contribution is 2.28. The second-order valence-electron chi connectivity index (χ2n) is 9.32. The van der Waals surface area contributed by atoms with Gasteiger partial charge in [-0.1, -0.05) is 0 Å². The van der Waals surface area contributed by atoms with Gasteiger partial charge in [0.2, 0.25) is 0 Å². The summed E-state index contributed by atoms with van der Waals surface area (Å²) in [6, 6.07) is 8.98. The summed E-state index contributed by atoms with van der Waals surface area (Å²) in [5.41, 5.74) is 1.67. The third-order valence-corrected chi connectivity index (χ3v) is 6.32. The molecule has 1 amide bonds. The van der Waals surface area contributed by atoms with Crippen LogP contribution in [0.5, 0.6) is 0 Å². The van der Waals surface area contributed by atoms with Crippen molar-refractivity contribution >= 4 is 34.4 Å². The number of hydrogen-bond acceptors (Lipinski definition) is 7. The van der Waals surface area contributed by atoms with Crippen molar-refractivity contribution in [1.82, 2.24) is 24.4 Å². The Morgan fingerprint density at radius 2 is 1.89 bits per heavy atom. The minimum atomic E-state index is -0.621. The Hall–Kier alpha value is -3.99. The van der Waals surface area contributed by atoms with E-state index in [1.807, 2.05) is 36.9 Å². The number of pyridine rings is 1. The summed E-state index contributed by atoms with van der Waals surface area (Å²) in [7, 11) is 0. The van der Waals surface area contributed by atoms with Crippen molar-refractivity contribution in [3.05, 3.63) is 60.4 Å². The Labute approximate surface area is 207 Å². The standard InChI is InChI=1S/C25H29FN8O2/c1-15(2)33-12-10-23(31-33)29-20-13-24(28-16-3-5-17(35)6-4-16)32-34-21(20)7-8-22(34)25(36)30-19-9-11-27-14-18(19)26/h7-17,35H,3-6H2,1-2H3,(H,28,32)(H,29,31)(H,27,30,36)/t16-,17-. The van der Waals surface area contributed by atoms with Gasteiger partial charge in [-0.3, -0.25) is 14.5 Å². The van der Waals surface area contributed by atoms with E-state index in [0.29, 0.717) is 22.8 Å². The van der Waals surface area contributed by atoms with Crippen LogP contribution in [0.25, 0.3) is 5.52 Å². The minimum Gasteiger partial charge on any atom is -0.393 e. The highest BCUT2D eigenvalue weighted by molar-refractivity contribution is 6.04. The SMILES string of the molecule is CC(C)n1ccc(Nc2cc(N[C@H]3CC[C@H](O)CC3)nn3c(C(=O)Nc4ccncc4F)ccc23)n1. The number of nitrogens with one attached hydrogen (secondary N) is 3. The van der Waals surface area contributed by atoms with Gasteiger partial charge >= 0.3 is 0 Å². The highest BCUT2D eigenvalue weighted by Gasteiger charge is 2.22. The van der Waals surface area contributed by atoms with Gasteiger partial charge < -0.3 is 21.1 Å². The summed E-state index contributed by atoms with van der Waals surface area (Å²) in [6.07, 6.45) is 7.20. The van der Waals surface area contributed by atoms with Gasteiger partial charge in [-0.05, 0) is 57.7 Å². The van der Waals surface area contributed by atoms with E-state index >= 15 is 0 Å². The first-order valence-corrected chi connectivity index (χ1v) is 12.1. The lowest BCUT2D eigenvalue weighted by Gasteiger charge is -2.26. The van der Waals surface area contributed by atoms with Gasteiger partial charge in [0.15, 0.2) is 11.6 Å². The first-order chi connectivity index (χ1) is 17.4. The van der Waals surface area contributed by atoms with Crippen LogP contribution in [0.2, 0.25) is 0 Å². The molecule has 188 valence electrons. The molecule has 1 aliphatic carbocycles. The largest absolute Gasteiger partial charge is 0.393 e. The predicted molar refractivity (Wildman–Crippen MR) is 135 cm³/mol. The van der Waals surface area contributed by atoms with Gasteiger partial charge in [-0.2, -0.15) is 5.10 Å². The van der Waals surface area contributed by atoms with Crippen LogP contribution < -0.4 is 16.0 Å². The molecule has 0 aliphatic heterocycles. The molecular formula is C25H29FN8O2. The van der Waals surface area contributed by atoms with Crippen molar-refractivity contribution in [2.24, 2.45) is 0 Å². The Bertz CT molecular complexity index is 1370. The number of carbonyl (C=O) groups excluding carboxylic acids is 1. The summed E-state index contributed by atoms with van der Waals surface area (Å²) < 4.78 is 17.5. The molecule has 4 aromatic rings. The third-order valence-electron chi connectivity index (χ3n) is 6.32. The number of carbonyl (C=O) groups is 1. The Balaban J connectivity index is 1.49. The predicted octanol–water partition coefficient (Wildman–Crippen LogP) is 4.36. The fourth-order valence-corrected chi connectivity index (χ4v) is 4.35. The number of nitrogens with zero attached hydrogens (tertiary/aromatic N) is 5. The molecule has 4 heterocycles. The van der Waals surface area contributed by atoms with Crippen LogP contribution in [0, 0.1) is 5.82 Å². The van der Waals surface area contributed by atoms with E-state index in [9.17, 15) is 14.3 Å². The quantitative estimate of drug-likeness (QED) is 0.302. The molecular weight excluding hydrogens is 463 g/mol. The lowest BCUT2D eigenvalue weighted by atomic mass is 9.93. The molecule has 10 nitrogen and oxygen atoms in total. The molecule has 0 bridgehead atoms. The van der Waals surface area contributed by atoms with Crippen LogP contribution >= 0.6 is 0 Å². The second kappa shape index (κ2) is 9.94. The van der Waals surface area contributed by atoms with E-state index in [0.717, 1.165) is 31.9 Å². The van der Waals surface area contributed by atoms with E-state index in [-0.39, 0.29) is 29.6 Å². The van der Waals surface area contributed by atoms with Crippen LogP contribution in [0.1, 0.15) is 56.1 Å². The van der Waals surface area contributed by atoms with Crippen LogP contribution in [0.4, 0.5) is 27.4 Å². The number of fused-ring (bicyclic) bond motifs is 1. The van der Waals surface area contributed by atoms with Gasteiger partial charge in [0.25, 0.3) is 5.91 Å². The maximum Gasteiger partial charge on any atom is 0.274 e. The number of anilines is 4. The molecule has 36 heavy (non-hydrogen) atoms.